The molecule has 0 amide bonds. The Kier molecular flexibility index (Phi) is 3.42. The second-order valence-corrected chi connectivity index (χ2v) is 5.15. The maximum Gasteiger partial charge on any atom is 0.261 e. The van der Waals surface area contributed by atoms with E-state index < -0.39 is 11.6 Å². The minimum Gasteiger partial charge on any atom is -0.399 e. The van der Waals surface area contributed by atoms with Gasteiger partial charge in [0.25, 0.3) is 5.89 Å². The van der Waals surface area contributed by atoms with Gasteiger partial charge in [-0.3, -0.25) is 0 Å². The summed E-state index contributed by atoms with van der Waals surface area (Å²) in [6.07, 6.45) is 0. The molecule has 0 saturated heterocycles. The van der Waals surface area contributed by atoms with Gasteiger partial charge in [0.15, 0.2) is 0 Å². The van der Waals surface area contributed by atoms with E-state index in [1.807, 2.05) is 0 Å². The molecule has 2 N–H and O–H groups in total. The molecule has 0 aliphatic rings. The van der Waals surface area contributed by atoms with Gasteiger partial charge in [-0.15, -0.1) is 0 Å². The first-order chi connectivity index (χ1) is 10.0. The molecule has 0 radical (unpaired) electrons. The molecule has 3 rings (SSSR count). The first-order valence-corrected chi connectivity index (χ1v) is 6.68. The largest absolute Gasteiger partial charge is 0.399 e. The second-order valence-electron chi connectivity index (χ2n) is 4.29. The van der Waals surface area contributed by atoms with Crippen molar-refractivity contribution in [1.82, 2.24) is 10.1 Å². The minimum atomic E-state index is -0.514. The predicted molar refractivity (Wildman–Crippen MR) is 77.2 cm³/mol. The van der Waals surface area contributed by atoms with Crippen LogP contribution in [0.5, 0.6) is 0 Å². The van der Waals surface area contributed by atoms with Crippen LogP contribution in [0.15, 0.2) is 45.4 Å². The zero-order chi connectivity index (χ0) is 15.0. The van der Waals surface area contributed by atoms with Crippen LogP contribution in [-0.2, 0) is 0 Å². The monoisotopic (exact) mass is 351 g/mol. The Morgan fingerprint density at radius 2 is 1.81 bits per heavy atom. The van der Waals surface area contributed by atoms with Gasteiger partial charge in [0.1, 0.15) is 11.6 Å². The number of nitrogens with two attached hydrogens (primary N) is 1. The van der Waals surface area contributed by atoms with Crippen molar-refractivity contribution in [2.45, 2.75) is 0 Å². The summed E-state index contributed by atoms with van der Waals surface area (Å²) in [7, 11) is 0. The van der Waals surface area contributed by atoms with Crippen LogP contribution in [0.1, 0.15) is 0 Å². The highest BCUT2D eigenvalue weighted by Gasteiger charge is 2.15. The number of halogens is 3. The molecule has 4 nitrogen and oxygen atoms in total. The average molecular weight is 352 g/mol. The lowest BCUT2D eigenvalue weighted by Gasteiger charge is -1.98. The minimum absolute atomic E-state index is 0.00949. The molecule has 0 fully saturated rings. The highest BCUT2D eigenvalue weighted by molar-refractivity contribution is 9.10. The van der Waals surface area contributed by atoms with Gasteiger partial charge in [-0.1, -0.05) is 5.16 Å². The first kappa shape index (κ1) is 13.7. The molecular weight excluding hydrogens is 344 g/mol. The summed E-state index contributed by atoms with van der Waals surface area (Å²) >= 11 is 3.08. The SMILES string of the molecule is Nc1ccc(F)c(-c2nc(-c3ccc(F)c(Br)c3)no2)c1. The van der Waals surface area contributed by atoms with E-state index in [1.54, 1.807) is 0 Å². The van der Waals surface area contributed by atoms with Crippen LogP contribution < -0.4 is 5.73 Å². The summed E-state index contributed by atoms with van der Waals surface area (Å²) in [6.45, 7) is 0. The number of benzene rings is 2. The first-order valence-electron chi connectivity index (χ1n) is 5.89. The lowest BCUT2D eigenvalue weighted by molar-refractivity contribution is 0.429. The average Bonchev–Trinajstić information content (AvgIpc) is 2.94. The van der Waals surface area contributed by atoms with Gasteiger partial charge in [0.05, 0.1) is 10.0 Å². The van der Waals surface area contributed by atoms with E-state index in [0.717, 1.165) is 0 Å². The number of anilines is 1. The molecule has 0 bridgehead atoms. The van der Waals surface area contributed by atoms with Crippen molar-refractivity contribution in [3.8, 4) is 22.8 Å². The van der Waals surface area contributed by atoms with Crippen LogP contribution in [0.2, 0.25) is 0 Å². The molecule has 106 valence electrons. The Hall–Kier alpha value is -2.28. The maximum absolute atomic E-state index is 13.7. The summed E-state index contributed by atoms with van der Waals surface area (Å²) in [4.78, 5) is 4.11. The Bertz CT molecular complexity index is 820. The van der Waals surface area contributed by atoms with Gasteiger partial charge in [-0.2, -0.15) is 4.98 Å². The number of rotatable bonds is 2. The van der Waals surface area contributed by atoms with Crippen LogP contribution in [0.25, 0.3) is 22.8 Å². The summed E-state index contributed by atoms with van der Waals surface area (Å²) in [5, 5.41) is 3.77. The fourth-order valence-electron chi connectivity index (χ4n) is 1.79. The van der Waals surface area contributed by atoms with Crippen molar-refractivity contribution in [2.75, 3.05) is 5.73 Å². The van der Waals surface area contributed by atoms with Gasteiger partial charge in [-0.25, -0.2) is 8.78 Å². The number of hydrogen-bond acceptors (Lipinski definition) is 4. The smallest absolute Gasteiger partial charge is 0.261 e. The van der Waals surface area contributed by atoms with Crippen molar-refractivity contribution >= 4 is 21.6 Å². The lowest BCUT2D eigenvalue weighted by atomic mass is 10.2. The number of aromatic nitrogens is 2. The van der Waals surface area contributed by atoms with Gasteiger partial charge < -0.3 is 10.3 Å². The molecule has 3 aromatic rings. The quantitative estimate of drug-likeness (QED) is 0.708. The standard InChI is InChI=1S/C14H8BrF2N3O/c15-10-5-7(1-3-12(10)17)13-19-14(21-20-13)9-6-8(18)2-4-11(9)16/h1-6H,18H2. The molecule has 0 saturated carbocycles. The van der Waals surface area contributed by atoms with E-state index >= 15 is 0 Å². The predicted octanol–water partition coefficient (Wildman–Crippen LogP) is 4.03. The molecule has 0 spiro atoms. The summed E-state index contributed by atoms with van der Waals surface area (Å²) in [6, 6.07) is 8.37. The molecule has 1 heterocycles. The van der Waals surface area contributed by atoms with Gasteiger partial charge in [0, 0.05) is 11.3 Å². The molecule has 21 heavy (non-hydrogen) atoms. The fraction of sp³-hybridized carbons (Fsp3) is 0. The van der Waals surface area contributed by atoms with Crippen LogP contribution >= 0.6 is 15.9 Å². The third-order valence-electron chi connectivity index (χ3n) is 2.82. The van der Waals surface area contributed by atoms with Crippen molar-refractivity contribution in [2.24, 2.45) is 0 Å². The van der Waals surface area contributed by atoms with Crippen LogP contribution in [0.4, 0.5) is 14.5 Å². The number of hydrogen-bond donors (Lipinski definition) is 1. The number of nitrogen functional groups attached to an aromatic ring is 1. The Morgan fingerprint density at radius 3 is 2.57 bits per heavy atom. The zero-order valence-electron chi connectivity index (χ0n) is 10.5. The Morgan fingerprint density at radius 1 is 1.05 bits per heavy atom. The van der Waals surface area contributed by atoms with Crippen LogP contribution in [-0.4, -0.2) is 10.1 Å². The highest BCUT2D eigenvalue weighted by atomic mass is 79.9. The molecule has 0 aliphatic carbocycles. The van der Waals surface area contributed by atoms with Crippen LogP contribution in [0, 0.1) is 11.6 Å². The van der Waals surface area contributed by atoms with E-state index in [2.05, 4.69) is 26.1 Å². The summed E-state index contributed by atoms with van der Waals surface area (Å²) in [5.74, 6) is -0.674. The lowest BCUT2D eigenvalue weighted by Crippen LogP contribution is -1.90. The van der Waals surface area contributed by atoms with E-state index in [1.165, 1.54) is 36.4 Å². The zero-order valence-corrected chi connectivity index (χ0v) is 12.1. The number of nitrogens with zero attached hydrogens (tertiary/aromatic N) is 2. The third kappa shape index (κ3) is 2.64. The highest BCUT2D eigenvalue weighted by Crippen LogP contribution is 2.27. The van der Waals surface area contributed by atoms with Crippen molar-refractivity contribution < 1.29 is 13.3 Å². The van der Waals surface area contributed by atoms with Crippen molar-refractivity contribution in [3.63, 3.8) is 0 Å². The van der Waals surface area contributed by atoms with Crippen LogP contribution in [0.3, 0.4) is 0 Å². The Balaban J connectivity index is 2.03. The topological polar surface area (TPSA) is 64.9 Å². The molecule has 0 unspecified atom stereocenters. The van der Waals surface area contributed by atoms with E-state index in [4.69, 9.17) is 10.3 Å². The van der Waals surface area contributed by atoms with Gasteiger partial charge in [0.2, 0.25) is 5.82 Å². The fourth-order valence-corrected chi connectivity index (χ4v) is 2.17. The van der Waals surface area contributed by atoms with Gasteiger partial charge >= 0.3 is 0 Å². The molecule has 0 aliphatic heterocycles. The molecule has 7 heteroatoms. The van der Waals surface area contributed by atoms with Gasteiger partial charge in [-0.05, 0) is 52.3 Å². The van der Waals surface area contributed by atoms with E-state index in [0.29, 0.717) is 11.3 Å². The second kappa shape index (κ2) is 5.25. The summed E-state index contributed by atoms with van der Waals surface area (Å²) < 4.78 is 32.3. The molecule has 2 aromatic carbocycles. The molecule has 1 aromatic heterocycles. The van der Waals surface area contributed by atoms with Crippen molar-refractivity contribution in [1.29, 1.82) is 0 Å². The molecular formula is C14H8BrF2N3O. The molecule has 0 atom stereocenters. The Labute approximate surface area is 126 Å². The third-order valence-corrected chi connectivity index (χ3v) is 3.43. The maximum atomic E-state index is 13.7. The van der Waals surface area contributed by atoms with Crippen molar-refractivity contribution in [3.05, 3.63) is 52.5 Å². The van der Waals surface area contributed by atoms with E-state index in [9.17, 15) is 8.78 Å². The summed E-state index contributed by atoms with van der Waals surface area (Å²) in [5.41, 5.74) is 6.66. The van der Waals surface area contributed by atoms with E-state index in [-0.39, 0.29) is 21.8 Å². The normalized spacial score (nSPS) is 10.8.